The molecule has 0 aliphatic heterocycles. The van der Waals surface area contributed by atoms with Crippen LogP contribution in [0.4, 0.5) is 0 Å². The number of carbonyl (C=O) groups excluding carboxylic acids is 1. The Bertz CT molecular complexity index is 1050. The fourth-order valence-electron chi connectivity index (χ4n) is 4.75. The molecule has 2 aliphatic rings. The molecule has 4 rings (SSSR count). The van der Waals surface area contributed by atoms with Gasteiger partial charge in [0.25, 0.3) is 0 Å². The molecule has 0 unspecified atom stereocenters. The Kier molecular flexibility index (Phi) is 4.26. The van der Waals surface area contributed by atoms with E-state index >= 15 is 0 Å². The number of methoxy groups -OCH3 is 1. The number of nitrogens with zero attached hydrogens (tertiary/aromatic N) is 4. The van der Waals surface area contributed by atoms with Crippen LogP contribution in [0.1, 0.15) is 37.1 Å². The minimum atomic E-state index is -0.516. The predicted octanol–water partition coefficient (Wildman–Crippen LogP) is 3.34. The number of pyridine rings is 1. The van der Waals surface area contributed by atoms with Gasteiger partial charge in [-0.2, -0.15) is 10.2 Å². The van der Waals surface area contributed by atoms with E-state index in [1.807, 2.05) is 26.0 Å². The van der Waals surface area contributed by atoms with Gasteiger partial charge >= 0.3 is 0 Å². The molecule has 0 N–H and O–H groups in total. The molecule has 28 heavy (non-hydrogen) atoms. The van der Waals surface area contributed by atoms with Gasteiger partial charge in [-0.1, -0.05) is 19.9 Å². The molecule has 3 atom stereocenters. The van der Waals surface area contributed by atoms with E-state index in [1.54, 1.807) is 19.5 Å². The highest BCUT2D eigenvalue weighted by Gasteiger charge is 2.49. The van der Waals surface area contributed by atoms with E-state index < -0.39 is 5.41 Å². The Hall–Kier alpha value is -3.07. The van der Waals surface area contributed by atoms with Crippen molar-refractivity contribution in [3.05, 3.63) is 46.9 Å². The highest BCUT2D eigenvalue weighted by molar-refractivity contribution is 6.02. The van der Waals surface area contributed by atoms with E-state index in [4.69, 9.17) is 9.72 Å². The third kappa shape index (κ3) is 2.54. The van der Waals surface area contributed by atoms with E-state index in [2.05, 4.69) is 23.0 Å². The van der Waals surface area contributed by atoms with E-state index in [0.717, 1.165) is 35.2 Å². The van der Waals surface area contributed by atoms with Gasteiger partial charge in [-0.15, -0.1) is 0 Å². The van der Waals surface area contributed by atoms with E-state index in [1.165, 1.54) is 0 Å². The van der Waals surface area contributed by atoms with Crippen molar-refractivity contribution >= 4 is 5.78 Å². The molecule has 6 nitrogen and oxygen atoms in total. The molecule has 142 valence electrons. The lowest BCUT2D eigenvalue weighted by Gasteiger charge is -2.45. The van der Waals surface area contributed by atoms with Gasteiger partial charge in [0.05, 0.1) is 18.4 Å². The molecule has 6 heteroatoms. The summed E-state index contributed by atoms with van der Waals surface area (Å²) in [5.41, 5.74) is 3.39. The summed E-state index contributed by atoms with van der Waals surface area (Å²) in [7, 11) is 1.61. The molecule has 0 aromatic carbocycles. The van der Waals surface area contributed by atoms with Crippen molar-refractivity contribution in [2.75, 3.05) is 7.11 Å². The van der Waals surface area contributed by atoms with Gasteiger partial charge < -0.3 is 4.74 Å². The molecule has 0 amide bonds. The summed E-state index contributed by atoms with van der Waals surface area (Å²) in [5, 5.41) is 9.50. The first-order valence-electron chi connectivity index (χ1n) is 9.44. The van der Waals surface area contributed by atoms with Gasteiger partial charge in [-0.25, -0.2) is 4.98 Å². The number of hydrogen-bond acceptors (Lipinski definition) is 6. The van der Waals surface area contributed by atoms with Crippen LogP contribution < -0.4 is 4.74 Å². The summed E-state index contributed by atoms with van der Waals surface area (Å²) in [6.07, 6.45) is 6.90. The second-order valence-corrected chi connectivity index (χ2v) is 7.82. The molecule has 2 aromatic heterocycles. The van der Waals surface area contributed by atoms with Crippen LogP contribution in [0.5, 0.6) is 5.88 Å². The van der Waals surface area contributed by atoms with Crippen molar-refractivity contribution in [3.63, 3.8) is 0 Å². The molecular formula is C22H22N4O2. The van der Waals surface area contributed by atoms with Gasteiger partial charge in [0.15, 0.2) is 11.6 Å². The summed E-state index contributed by atoms with van der Waals surface area (Å²) in [6, 6.07) is 3.98. The quantitative estimate of drug-likeness (QED) is 0.801. The van der Waals surface area contributed by atoms with Crippen LogP contribution in [0.2, 0.25) is 0 Å². The third-order valence-electron chi connectivity index (χ3n) is 6.26. The van der Waals surface area contributed by atoms with Crippen LogP contribution >= 0.6 is 0 Å². The van der Waals surface area contributed by atoms with Gasteiger partial charge in [0, 0.05) is 34.9 Å². The molecule has 0 saturated carbocycles. The molecule has 0 radical (unpaired) electrons. The zero-order valence-electron chi connectivity index (χ0n) is 16.5. The highest BCUT2D eigenvalue weighted by atomic mass is 16.5. The number of ether oxygens (including phenoxy) is 1. The molecular weight excluding hydrogens is 352 g/mol. The number of fused-ring (bicyclic) bond motifs is 3. The average molecular weight is 374 g/mol. The van der Waals surface area contributed by atoms with Crippen molar-refractivity contribution in [3.8, 4) is 23.3 Å². The summed E-state index contributed by atoms with van der Waals surface area (Å²) < 4.78 is 5.62. The number of allylic oxidation sites excluding steroid dienone is 2. The van der Waals surface area contributed by atoms with Crippen LogP contribution in [0.25, 0.3) is 11.4 Å². The summed E-state index contributed by atoms with van der Waals surface area (Å²) in [6.45, 7) is 5.97. The van der Waals surface area contributed by atoms with E-state index in [9.17, 15) is 10.1 Å². The number of aryl methyl sites for hydroxylation is 1. The van der Waals surface area contributed by atoms with Crippen molar-refractivity contribution in [2.24, 2.45) is 11.8 Å². The SMILES string of the molecule is COc1nc(-c2ccncc2C)nc2c1CC[C@@H]1[C@@H](C)C(=O)C(C#N)=C[C@@]21C. The normalized spacial score (nSPS) is 26.0. The lowest BCUT2D eigenvalue weighted by atomic mass is 9.58. The maximum Gasteiger partial charge on any atom is 0.220 e. The van der Waals surface area contributed by atoms with Crippen LogP contribution in [-0.4, -0.2) is 27.8 Å². The molecule has 2 aliphatic carbocycles. The van der Waals surface area contributed by atoms with Crippen molar-refractivity contribution in [2.45, 2.75) is 39.0 Å². The summed E-state index contributed by atoms with van der Waals surface area (Å²) in [5.74, 6) is 0.946. The number of rotatable bonds is 2. The van der Waals surface area contributed by atoms with Crippen LogP contribution in [0, 0.1) is 30.1 Å². The first-order chi connectivity index (χ1) is 13.4. The van der Waals surface area contributed by atoms with Crippen LogP contribution in [-0.2, 0) is 16.6 Å². The van der Waals surface area contributed by atoms with Gasteiger partial charge in [-0.05, 0) is 37.3 Å². The standard InChI is InChI=1S/C22H22N4O2/c1-12-11-24-8-7-15(12)20-25-19-16(21(26-20)28-4)5-6-17-13(2)18(27)14(10-23)9-22(17,19)3/h7-9,11,13,17H,5-6H2,1-4H3/t13-,17-,22-/m1/s1. The van der Waals surface area contributed by atoms with Crippen LogP contribution in [0.15, 0.2) is 30.1 Å². The molecule has 0 bridgehead atoms. The van der Waals surface area contributed by atoms with Crippen molar-refractivity contribution in [1.29, 1.82) is 5.26 Å². The Morgan fingerprint density at radius 2 is 2.14 bits per heavy atom. The minimum absolute atomic E-state index is 0.0698. The second kappa shape index (κ2) is 6.52. The fourth-order valence-corrected chi connectivity index (χ4v) is 4.75. The Labute approximate surface area is 164 Å². The van der Waals surface area contributed by atoms with E-state index in [0.29, 0.717) is 11.7 Å². The van der Waals surface area contributed by atoms with Crippen molar-refractivity contribution < 1.29 is 9.53 Å². The Morgan fingerprint density at radius 1 is 1.36 bits per heavy atom. The largest absolute Gasteiger partial charge is 0.481 e. The van der Waals surface area contributed by atoms with Crippen LogP contribution in [0.3, 0.4) is 0 Å². The highest BCUT2D eigenvalue weighted by Crippen LogP contribution is 2.50. The zero-order valence-corrected chi connectivity index (χ0v) is 16.5. The molecule has 0 saturated heterocycles. The van der Waals surface area contributed by atoms with Gasteiger partial charge in [0.2, 0.25) is 5.88 Å². The van der Waals surface area contributed by atoms with Gasteiger partial charge in [0.1, 0.15) is 6.07 Å². The van der Waals surface area contributed by atoms with Crippen molar-refractivity contribution in [1.82, 2.24) is 15.0 Å². The first-order valence-corrected chi connectivity index (χ1v) is 9.44. The Morgan fingerprint density at radius 3 is 2.82 bits per heavy atom. The first kappa shape index (κ1) is 18.3. The smallest absolute Gasteiger partial charge is 0.220 e. The number of carbonyl (C=O) groups is 1. The molecule has 0 spiro atoms. The second-order valence-electron chi connectivity index (χ2n) is 7.82. The lowest BCUT2D eigenvalue weighted by molar-refractivity contribution is -0.121. The monoisotopic (exact) mass is 374 g/mol. The summed E-state index contributed by atoms with van der Waals surface area (Å²) >= 11 is 0. The summed E-state index contributed by atoms with van der Waals surface area (Å²) in [4.78, 5) is 26.3. The minimum Gasteiger partial charge on any atom is -0.481 e. The average Bonchev–Trinajstić information content (AvgIpc) is 2.70. The maximum atomic E-state index is 12.6. The number of ketones is 1. The predicted molar refractivity (Wildman–Crippen MR) is 104 cm³/mol. The molecule has 0 fully saturated rings. The topological polar surface area (TPSA) is 88.8 Å². The van der Waals surface area contributed by atoms with E-state index in [-0.39, 0.29) is 23.2 Å². The number of hydrogen-bond donors (Lipinski definition) is 0. The molecule has 2 heterocycles. The number of Topliss-reactive ketones (excluding diaryl/α,β-unsaturated/α-hetero) is 1. The molecule has 2 aromatic rings. The number of nitriles is 1. The fraction of sp³-hybridized carbons (Fsp3) is 0.409. The zero-order chi connectivity index (χ0) is 20.1. The maximum absolute atomic E-state index is 12.6. The Balaban J connectivity index is 1.99. The lowest BCUT2D eigenvalue weighted by Crippen LogP contribution is -2.46. The van der Waals surface area contributed by atoms with Gasteiger partial charge in [-0.3, -0.25) is 9.78 Å². The number of aromatic nitrogens is 3. The third-order valence-corrected chi connectivity index (χ3v) is 6.26.